The molecule has 1 heterocycles. The molecule has 0 unspecified atom stereocenters. The monoisotopic (exact) mass is 346 g/mol. The molecule has 5 nitrogen and oxygen atoms in total. The van der Waals surface area contributed by atoms with Gasteiger partial charge in [0.25, 0.3) is 0 Å². The summed E-state index contributed by atoms with van der Waals surface area (Å²) in [7, 11) is 1.61. The van der Waals surface area contributed by atoms with Gasteiger partial charge >= 0.3 is 0 Å². The first-order valence-corrected chi connectivity index (χ1v) is 8.97. The molecule has 5 heteroatoms. The van der Waals surface area contributed by atoms with Crippen molar-refractivity contribution >= 4 is 11.8 Å². The molecule has 1 aliphatic heterocycles. The largest absolute Gasteiger partial charge is 0.496 e. The molecule has 0 bridgehead atoms. The van der Waals surface area contributed by atoms with Crippen LogP contribution in [0.15, 0.2) is 24.3 Å². The number of piperidine rings is 1. The molecule has 1 fully saturated rings. The molecule has 0 saturated carbocycles. The van der Waals surface area contributed by atoms with Gasteiger partial charge in [0.2, 0.25) is 11.8 Å². The zero-order valence-electron chi connectivity index (χ0n) is 15.8. The Balaban J connectivity index is 1.80. The van der Waals surface area contributed by atoms with E-state index in [1.54, 1.807) is 7.11 Å². The number of amides is 2. The summed E-state index contributed by atoms with van der Waals surface area (Å²) in [5, 5.41) is 3.09. The fourth-order valence-electron chi connectivity index (χ4n) is 3.14. The molecular formula is C20H30N2O3. The van der Waals surface area contributed by atoms with Gasteiger partial charge in [-0.2, -0.15) is 0 Å². The number of ether oxygens (including phenoxy) is 1. The lowest BCUT2D eigenvalue weighted by molar-refractivity contribution is -0.134. The lowest BCUT2D eigenvalue weighted by atomic mass is 9.91. The number of hydrogen-bond donors (Lipinski definition) is 1. The molecule has 1 saturated heterocycles. The molecule has 0 atom stereocenters. The molecule has 2 amide bonds. The van der Waals surface area contributed by atoms with E-state index in [9.17, 15) is 9.59 Å². The van der Waals surface area contributed by atoms with Crippen LogP contribution in [0, 0.1) is 5.41 Å². The van der Waals surface area contributed by atoms with Gasteiger partial charge in [-0.05, 0) is 24.3 Å². The summed E-state index contributed by atoms with van der Waals surface area (Å²) < 4.78 is 5.29. The van der Waals surface area contributed by atoms with Gasteiger partial charge in [-0.3, -0.25) is 9.59 Å². The standard InChI is InChI=1S/C20H30N2O3/c1-20(2,3)14-19(24)22-11-9-16(10-12-22)21-18(23)13-15-7-5-6-8-17(15)25-4/h5-8,16H,9-14H2,1-4H3,(H,21,23). The summed E-state index contributed by atoms with van der Waals surface area (Å²) in [6.07, 6.45) is 2.51. The first kappa shape index (κ1) is 19.3. The van der Waals surface area contributed by atoms with Crippen molar-refractivity contribution in [2.24, 2.45) is 5.41 Å². The summed E-state index contributed by atoms with van der Waals surface area (Å²) in [5.74, 6) is 0.954. The van der Waals surface area contributed by atoms with Gasteiger partial charge in [0.1, 0.15) is 5.75 Å². The number of benzene rings is 1. The second-order valence-corrected chi connectivity index (χ2v) is 7.95. The number of carbonyl (C=O) groups excluding carboxylic acids is 2. The number of rotatable bonds is 5. The summed E-state index contributed by atoms with van der Waals surface area (Å²) >= 11 is 0. The van der Waals surface area contributed by atoms with Crippen molar-refractivity contribution < 1.29 is 14.3 Å². The number of nitrogens with zero attached hydrogens (tertiary/aromatic N) is 1. The van der Waals surface area contributed by atoms with Crippen molar-refractivity contribution in [3.05, 3.63) is 29.8 Å². The molecule has 138 valence electrons. The molecule has 0 radical (unpaired) electrons. The highest BCUT2D eigenvalue weighted by Crippen LogP contribution is 2.22. The normalized spacial score (nSPS) is 15.8. The minimum absolute atomic E-state index is 0.00367. The van der Waals surface area contributed by atoms with Crippen LogP contribution >= 0.6 is 0 Å². The van der Waals surface area contributed by atoms with Crippen molar-refractivity contribution in [2.75, 3.05) is 20.2 Å². The first-order valence-electron chi connectivity index (χ1n) is 8.97. The second kappa shape index (κ2) is 8.37. The number of para-hydroxylation sites is 1. The number of hydrogen-bond acceptors (Lipinski definition) is 3. The Morgan fingerprint density at radius 2 is 1.84 bits per heavy atom. The van der Waals surface area contributed by atoms with Crippen molar-refractivity contribution in [3.8, 4) is 5.75 Å². The van der Waals surface area contributed by atoms with Crippen molar-refractivity contribution in [3.63, 3.8) is 0 Å². The molecule has 25 heavy (non-hydrogen) atoms. The molecule has 1 aromatic rings. The predicted molar refractivity (Wildman–Crippen MR) is 98.5 cm³/mol. The zero-order valence-corrected chi connectivity index (χ0v) is 15.8. The fourth-order valence-corrected chi connectivity index (χ4v) is 3.14. The Morgan fingerprint density at radius 3 is 2.44 bits per heavy atom. The highest BCUT2D eigenvalue weighted by molar-refractivity contribution is 5.80. The minimum Gasteiger partial charge on any atom is -0.496 e. The SMILES string of the molecule is COc1ccccc1CC(=O)NC1CCN(C(=O)CC(C)(C)C)CC1. The van der Waals surface area contributed by atoms with Gasteiger partial charge < -0.3 is 15.0 Å². The lowest BCUT2D eigenvalue weighted by Crippen LogP contribution is -2.47. The van der Waals surface area contributed by atoms with Crippen LogP contribution in [0.3, 0.4) is 0 Å². The molecule has 0 aromatic heterocycles. The zero-order chi connectivity index (χ0) is 18.4. The maximum absolute atomic E-state index is 12.3. The molecule has 0 aliphatic carbocycles. The molecule has 1 aliphatic rings. The third-order valence-corrected chi connectivity index (χ3v) is 4.44. The maximum Gasteiger partial charge on any atom is 0.224 e. The number of likely N-dealkylation sites (tertiary alicyclic amines) is 1. The van der Waals surface area contributed by atoms with Crippen LogP contribution in [0.1, 0.15) is 45.6 Å². The highest BCUT2D eigenvalue weighted by atomic mass is 16.5. The van der Waals surface area contributed by atoms with Crippen LogP contribution < -0.4 is 10.1 Å². The second-order valence-electron chi connectivity index (χ2n) is 7.95. The van der Waals surface area contributed by atoms with E-state index in [1.165, 1.54) is 0 Å². The Hall–Kier alpha value is -2.04. The quantitative estimate of drug-likeness (QED) is 0.892. The first-order chi connectivity index (χ1) is 11.8. The van der Waals surface area contributed by atoms with E-state index < -0.39 is 0 Å². The molecule has 0 spiro atoms. The van der Waals surface area contributed by atoms with Gasteiger partial charge in [-0.1, -0.05) is 39.0 Å². The van der Waals surface area contributed by atoms with Crippen LogP contribution in [-0.2, 0) is 16.0 Å². The predicted octanol–water partition coefficient (Wildman–Crippen LogP) is 2.78. The van der Waals surface area contributed by atoms with Crippen molar-refractivity contribution in [2.45, 2.75) is 52.5 Å². The Labute approximate surface area is 150 Å². The summed E-state index contributed by atoms with van der Waals surface area (Å²) in [6.45, 7) is 7.67. The topological polar surface area (TPSA) is 58.6 Å². The highest BCUT2D eigenvalue weighted by Gasteiger charge is 2.26. The summed E-state index contributed by atoms with van der Waals surface area (Å²) in [4.78, 5) is 26.5. The van der Waals surface area contributed by atoms with Gasteiger partial charge in [-0.25, -0.2) is 0 Å². The third-order valence-electron chi connectivity index (χ3n) is 4.44. The Bertz CT molecular complexity index is 599. The van der Waals surface area contributed by atoms with Crippen LogP contribution in [0.4, 0.5) is 0 Å². The van der Waals surface area contributed by atoms with Crippen LogP contribution in [0.5, 0.6) is 5.75 Å². The van der Waals surface area contributed by atoms with Gasteiger partial charge in [0.15, 0.2) is 0 Å². The van der Waals surface area contributed by atoms with E-state index in [1.807, 2.05) is 29.2 Å². The average molecular weight is 346 g/mol. The average Bonchev–Trinajstić information content (AvgIpc) is 2.54. The number of carbonyl (C=O) groups is 2. The molecule has 1 aromatic carbocycles. The summed E-state index contributed by atoms with van der Waals surface area (Å²) in [5.41, 5.74) is 0.900. The van der Waals surface area contributed by atoms with E-state index >= 15 is 0 Å². The maximum atomic E-state index is 12.3. The number of nitrogens with one attached hydrogen (secondary N) is 1. The van der Waals surface area contributed by atoms with E-state index in [-0.39, 0.29) is 23.3 Å². The number of methoxy groups -OCH3 is 1. The molecular weight excluding hydrogens is 316 g/mol. The Morgan fingerprint density at radius 1 is 1.20 bits per heavy atom. The minimum atomic E-state index is 0.00367. The van der Waals surface area contributed by atoms with Crippen molar-refractivity contribution in [1.29, 1.82) is 0 Å². The molecule has 1 N–H and O–H groups in total. The third kappa shape index (κ3) is 6.07. The van der Waals surface area contributed by atoms with E-state index in [0.717, 1.165) is 24.2 Å². The van der Waals surface area contributed by atoms with E-state index in [4.69, 9.17) is 4.74 Å². The Kier molecular flexibility index (Phi) is 6.45. The van der Waals surface area contributed by atoms with E-state index in [0.29, 0.717) is 25.9 Å². The van der Waals surface area contributed by atoms with Crippen LogP contribution in [-0.4, -0.2) is 43.0 Å². The smallest absolute Gasteiger partial charge is 0.224 e. The fraction of sp³-hybridized carbons (Fsp3) is 0.600. The molecule has 2 rings (SSSR count). The summed E-state index contributed by atoms with van der Waals surface area (Å²) in [6, 6.07) is 7.71. The van der Waals surface area contributed by atoms with Crippen LogP contribution in [0.25, 0.3) is 0 Å². The van der Waals surface area contributed by atoms with Gasteiger partial charge in [-0.15, -0.1) is 0 Å². The van der Waals surface area contributed by atoms with Gasteiger partial charge in [0.05, 0.1) is 13.5 Å². The van der Waals surface area contributed by atoms with E-state index in [2.05, 4.69) is 26.1 Å². The lowest BCUT2D eigenvalue weighted by Gasteiger charge is -2.34. The van der Waals surface area contributed by atoms with Crippen LogP contribution in [0.2, 0.25) is 0 Å². The van der Waals surface area contributed by atoms with Crippen molar-refractivity contribution in [1.82, 2.24) is 10.2 Å². The van der Waals surface area contributed by atoms with Gasteiger partial charge in [0, 0.05) is 31.1 Å².